The van der Waals surface area contributed by atoms with Crippen LogP contribution < -0.4 is 0 Å². The average molecular weight is 358 g/mol. The van der Waals surface area contributed by atoms with E-state index in [1.807, 2.05) is 13.8 Å². The van der Waals surface area contributed by atoms with Crippen molar-refractivity contribution < 1.29 is 26.3 Å². The summed E-state index contributed by atoms with van der Waals surface area (Å²) in [5.74, 6) is 0.252. The topological polar surface area (TPSA) is 0 Å². The van der Waals surface area contributed by atoms with Crippen molar-refractivity contribution in [3.8, 4) is 0 Å². The van der Waals surface area contributed by atoms with Crippen molar-refractivity contribution in [2.75, 3.05) is 0 Å². The molecular weight excluding hydrogens is 342 g/mol. The van der Waals surface area contributed by atoms with E-state index in [9.17, 15) is 26.3 Å². The summed E-state index contributed by atoms with van der Waals surface area (Å²) in [7, 11) is 0. The zero-order valence-electron chi connectivity index (χ0n) is 13.5. The molecule has 6 heteroatoms. The maximum absolute atomic E-state index is 12.8. The fourth-order valence-electron chi connectivity index (χ4n) is 3.86. The first kappa shape index (κ1) is 17.8. The standard InChI is InChI=1S/C19H16F6/c1-11-12(2)17(11,13-3-7-15(8-4-13)18(20,21)22)14-5-9-16(10-6-14)19(23,24)25/h3-12H,1-2H3/t11-,12?/m0/s1. The minimum Gasteiger partial charge on any atom is -0.166 e. The van der Waals surface area contributed by atoms with Crippen LogP contribution >= 0.6 is 0 Å². The smallest absolute Gasteiger partial charge is 0.166 e. The lowest BCUT2D eigenvalue weighted by Crippen LogP contribution is -2.15. The van der Waals surface area contributed by atoms with Crippen molar-refractivity contribution in [2.45, 2.75) is 31.6 Å². The Labute approximate surface area is 141 Å². The molecular formula is C19H16F6. The SMILES string of the molecule is CC1[C@H](C)C1(c1ccc(C(F)(F)F)cc1)c1ccc(C(F)(F)F)cc1. The molecule has 25 heavy (non-hydrogen) atoms. The molecule has 0 saturated heterocycles. The van der Waals surface area contributed by atoms with Crippen LogP contribution in [0, 0.1) is 11.8 Å². The van der Waals surface area contributed by atoms with Crippen LogP contribution in [0.3, 0.4) is 0 Å². The lowest BCUT2D eigenvalue weighted by atomic mass is 9.84. The van der Waals surface area contributed by atoms with Gasteiger partial charge < -0.3 is 0 Å². The highest BCUT2D eigenvalue weighted by Crippen LogP contribution is 2.63. The summed E-state index contributed by atoms with van der Waals surface area (Å²) in [6.07, 6.45) is -8.83. The maximum atomic E-state index is 12.8. The van der Waals surface area contributed by atoms with E-state index < -0.39 is 28.9 Å². The fraction of sp³-hybridized carbons (Fsp3) is 0.368. The van der Waals surface area contributed by atoms with Crippen LogP contribution in [0.5, 0.6) is 0 Å². The number of benzene rings is 2. The van der Waals surface area contributed by atoms with E-state index in [1.165, 1.54) is 24.3 Å². The molecule has 0 radical (unpaired) electrons. The van der Waals surface area contributed by atoms with Gasteiger partial charge in [0, 0.05) is 5.41 Å². The van der Waals surface area contributed by atoms with E-state index >= 15 is 0 Å². The summed E-state index contributed by atoms with van der Waals surface area (Å²) in [4.78, 5) is 0. The van der Waals surface area contributed by atoms with Gasteiger partial charge in [0.05, 0.1) is 11.1 Å². The number of alkyl halides is 6. The third-order valence-corrected chi connectivity index (χ3v) is 5.46. The van der Waals surface area contributed by atoms with Crippen LogP contribution in [-0.4, -0.2) is 0 Å². The molecule has 1 unspecified atom stereocenters. The number of halogens is 6. The number of rotatable bonds is 2. The van der Waals surface area contributed by atoms with E-state index in [0.717, 1.165) is 24.3 Å². The molecule has 1 fully saturated rings. The van der Waals surface area contributed by atoms with Crippen LogP contribution in [0.4, 0.5) is 26.3 Å². The molecule has 0 aliphatic heterocycles. The first-order chi connectivity index (χ1) is 11.5. The van der Waals surface area contributed by atoms with Crippen molar-refractivity contribution in [1.29, 1.82) is 0 Å². The Bertz CT molecular complexity index is 685. The zero-order chi connectivity index (χ0) is 18.6. The zero-order valence-corrected chi connectivity index (χ0v) is 13.5. The van der Waals surface area contributed by atoms with Crippen LogP contribution in [0.2, 0.25) is 0 Å². The molecule has 2 aromatic rings. The van der Waals surface area contributed by atoms with Crippen molar-refractivity contribution in [3.63, 3.8) is 0 Å². The van der Waals surface area contributed by atoms with Crippen LogP contribution in [0.1, 0.15) is 36.1 Å². The molecule has 0 spiro atoms. The molecule has 0 amide bonds. The van der Waals surface area contributed by atoms with E-state index in [1.54, 1.807) is 0 Å². The van der Waals surface area contributed by atoms with Gasteiger partial charge in [0.25, 0.3) is 0 Å². The van der Waals surface area contributed by atoms with Crippen LogP contribution in [-0.2, 0) is 17.8 Å². The van der Waals surface area contributed by atoms with Gasteiger partial charge in [0.1, 0.15) is 0 Å². The first-order valence-corrected chi connectivity index (χ1v) is 7.84. The van der Waals surface area contributed by atoms with E-state index in [-0.39, 0.29) is 11.8 Å². The quantitative estimate of drug-likeness (QED) is 0.553. The van der Waals surface area contributed by atoms with Gasteiger partial charge in [-0.2, -0.15) is 26.3 Å². The predicted molar refractivity (Wildman–Crippen MR) is 82.0 cm³/mol. The lowest BCUT2D eigenvalue weighted by molar-refractivity contribution is -0.138. The first-order valence-electron chi connectivity index (χ1n) is 7.84. The monoisotopic (exact) mass is 358 g/mol. The Morgan fingerprint density at radius 2 is 0.880 bits per heavy atom. The van der Waals surface area contributed by atoms with Gasteiger partial charge in [0.2, 0.25) is 0 Å². The van der Waals surface area contributed by atoms with Gasteiger partial charge >= 0.3 is 12.4 Å². The van der Waals surface area contributed by atoms with E-state index in [0.29, 0.717) is 11.1 Å². The molecule has 0 heterocycles. The predicted octanol–water partition coefficient (Wildman–Crippen LogP) is 6.30. The van der Waals surface area contributed by atoms with Crippen molar-refractivity contribution in [1.82, 2.24) is 0 Å². The molecule has 0 bridgehead atoms. The highest BCUT2D eigenvalue weighted by Gasteiger charge is 2.61. The van der Waals surface area contributed by atoms with Gasteiger partial charge in [0.15, 0.2) is 0 Å². The van der Waals surface area contributed by atoms with Crippen LogP contribution in [0.25, 0.3) is 0 Å². The summed E-state index contributed by atoms with van der Waals surface area (Å²) in [5, 5.41) is 0. The third kappa shape index (κ3) is 2.81. The number of hydrogen-bond donors (Lipinski definition) is 0. The molecule has 0 nitrogen and oxygen atoms in total. The molecule has 1 aliphatic rings. The summed E-state index contributed by atoms with van der Waals surface area (Å²) in [6, 6.07) is 9.83. The summed E-state index contributed by atoms with van der Waals surface area (Å²) in [5.41, 5.74) is -0.631. The molecule has 1 aliphatic carbocycles. The molecule has 2 atom stereocenters. The Hall–Kier alpha value is -1.98. The molecule has 3 rings (SSSR count). The lowest BCUT2D eigenvalue weighted by Gasteiger charge is -2.21. The van der Waals surface area contributed by atoms with Gasteiger partial charge in [-0.15, -0.1) is 0 Å². The Morgan fingerprint density at radius 3 is 1.08 bits per heavy atom. The third-order valence-electron chi connectivity index (χ3n) is 5.46. The average Bonchev–Trinajstić information content (AvgIpc) is 3.08. The minimum atomic E-state index is -4.42. The Balaban J connectivity index is 2.01. The summed E-state index contributed by atoms with van der Waals surface area (Å²) < 4.78 is 76.5. The van der Waals surface area contributed by atoms with Gasteiger partial charge in [-0.1, -0.05) is 38.1 Å². The summed E-state index contributed by atoms with van der Waals surface area (Å²) >= 11 is 0. The largest absolute Gasteiger partial charge is 0.416 e. The van der Waals surface area contributed by atoms with E-state index in [4.69, 9.17) is 0 Å². The maximum Gasteiger partial charge on any atom is 0.416 e. The van der Waals surface area contributed by atoms with Gasteiger partial charge in [-0.05, 0) is 47.2 Å². The van der Waals surface area contributed by atoms with Gasteiger partial charge in [-0.3, -0.25) is 0 Å². The van der Waals surface area contributed by atoms with E-state index in [2.05, 4.69) is 0 Å². The highest BCUT2D eigenvalue weighted by atomic mass is 19.4. The Morgan fingerprint density at radius 1 is 0.600 bits per heavy atom. The van der Waals surface area contributed by atoms with Crippen molar-refractivity contribution in [3.05, 3.63) is 70.8 Å². The normalized spacial score (nSPS) is 22.7. The second kappa shape index (κ2) is 5.51. The second-order valence-electron chi connectivity index (χ2n) is 6.60. The molecule has 1 saturated carbocycles. The molecule has 0 aromatic heterocycles. The fourth-order valence-corrected chi connectivity index (χ4v) is 3.86. The highest BCUT2D eigenvalue weighted by molar-refractivity contribution is 5.50. The van der Waals surface area contributed by atoms with Crippen LogP contribution in [0.15, 0.2) is 48.5 Å². The molecule has 0 N–H and O–H groups in total. The summed E-state index contributed by atoms with van der Waals surface area (Å²) in [6.45, 7) is 3.92. The van der Waals surface area contributed by atoms with Gasteiger partial charge in [-0.25, -0.2) is 0 Å². The number of hydrogen-bond acceptors (Lipinski definition) is 0. The van der Waals surface area contributed by atoms with Crippen molar-refractivity contribution in [2.24, 2.45) is 11.8 Å². The molecule has 134 valence electrons. The minimum absolute atomic E-state index is 0.126. The molecule has 2 aromatic carbocycles. The second-order valence-corrected chi connectivity index (χ2v) is 6.60. The Kier molecular flexibility index (Phi) is 3.93. The van der Waals surface area contributed by atoms with Crippen molar-refractivity contribution >= 4 is 0 Å².